The second-order valence-corrected chi connectivity index (χ2v) is 4.15. The molecule has 0 bridgehead atoms. The fraction of sp³-hybridized carbons (Fsp3) is 0.143. The standard InChI is InChI=1S/C7H6IO/c1-2-4-7-6(3-1)5-9-8-7/h1-4H,5H2/q-1. The number of fused-ring (bicyclic) bond motifs is 1. The third kappa shape index (κ3) is 0.966. The van der Waals surface area contributed by atoms with Crippen molar-refractivity contribution in [1.29, 1.82) is 0 Å². The summed E-state index contributed by atoms with van der Waals surface area (Å²) >= 11 is -0.0775. The van der Waals surface area contributed by atoms with Gasteiger partial charge in [-0.25, -0.2) is 0 Å². The molecule has 0 N–H and O–H groups in total. The summed E-state index contributed by atoms with van der Waals surface area (Å²) in [5, 5.41) is 0. The fourth-order valence-corrected chi connectivity index (χ4v) is 2.63. The average molecular weight is 233 g/mol. The average Bonchev–Trinajstić information content (AvgIpc) is 2.33. The van der Waals surface area contributed by atoms with Gasteiger partial charge in [-0.05, 0) is 0 Å². The normalized spacial score (nSPS) is 16.4. The molecule has 0 atom stereocenters. The molecule has 0 saturated heterocycles. The first-order chi connectivity index (χ1) is 4.47. The summed E-state index contributed by atoms with van der Waals surface area (Å²) < 4.78 is 6.78. The summed E-state index contributed by atoms with van der Waals surface area (Å²) in [4.78, 5) is 0. The van der Waals surface area contributed by atoms with Gasteiger partial charge in [-0.15, -0.1) is 0 Å². The molecule has 1 aromatic rings. The van der Waals surface area contributed by atoms with Crippen molar-refractivity contribution in [2.45, 2.75) is 6.61 Å². The van der Waals surface area contributed by atoms with Crippen molar-refractivity contribution in [3.8, 4) is 0 Å². The molecule has 0 saturated carbocycles. The number of hydrogen-bond donors (Lipinski definition) is 0. The summed E-state index contributed by atoms with van der Waals surface area (Å²) in [6.07, 6.45) is 0. The van der Waals surface area contributed by atoms with Crippen LogP contribution in [0.3, 0.4) is 0 Å². The zero-order valence-corrected chi connectivity index (χ0v) is 6.96. The molecule has 2 rings (SSSR count). The van der Waals surface area contributed by atoms with Gasteiger partial charge < -0.3 is 0 Å². The Bertz CT molecular complexity index is 199. The molecule has 0 fully saturated rings. The molecule has 0 aromatic heterocycles. The van der Waals surface area contributed by atoms with Gasteiger partial charge in [0.15, 0.2) is 0 Å². The van der Waals surface area contributed by atoms with E-state index in [4.69, 9.17) is 3.07 Å². The Labute approximate surface area is 64.8 Å². The second kappa shape index (κ2) is 2.27. The van der Waals surface area contributed by atoms with Crippen LogP contribution >= 0.6 is 0 Å². The van der Waals surface area contributed by atoms with Gasteiger partial charge in [0, 0.05) is 0 Å². The van der Waals surface area contributed by atoms with Crippen LogP contribution in [-0.2, 0) is 9.67 Å². The monoisotopic (exact) mass is 233 g/mol. The molecule has 1 heterocycles. The summed E-state index contributed by atoms with van der Waals surface area (Å²) in [6.45, 7) is 0.851. The predicted molar refractivity (Wildman–Crippen MR) is 29.9 cm³/mol. The van der Waals surface area contributed by atoms with E-state index in [2.05, 4.69) is 24.3 Å². The Morgan fingerprint density at radius 3 is 3.11 bits per heavy atom. The molecule has 1 nitrogen and oxygen atoms in total. The van der Waals surface area contributed by atoms with Crippen LogP contribution in [0, 0.1) is 3.57 Å². The molecule has 1 aliphatic heterocycles. The molecule has 2 heteroatoms. The van der Waals surface area contributed by atoms with E-state index < -0.39 is 0 Å². The van der Waals surface area contributed by atoms with Crippen molar-refractivity contribution in [2.75, 3.05) is 0 Å². The van der Waals surface area contributed by atoms with Crippen LogP contribution in [0.5, 0.6) is 0 Å². The fourth-order valence-electron chi connectivity index (χ4n) is 0.836. The summed E-state index contributed by atoms with van der Waals surface area (Å²) in [5.41, 5.74) is 1.39. The van der Waals surface area contributed by atoms with Gasteiger partial charge in [0.1, 0.15) is 0 Å². The van der Waals surface area contributed by atoms with Crippen LogP contribution in [0.15, 0.2) is 24.3 Å². The van der Waals surface area contributed by atoms with Crippen LogP contribution in [0.1, 0.15) is 5.56 Å². The van der Waals surface area contributed by atoms with Crippen molar-refractivity contribution in [2.24, 2.45) is 0 Å². The summed E-state index contributed by atoms with van der Waals surface area (Å²) in [5.74, 6) is 0. The minimum absolute atomic E-state index is 0.0775. The molecule has 0 amide bonds. The molecule has 9 heavy (non-hydrogen) atoms. The molecular weight excluding hydrogens is 227 g/mol. The topological polar surface area (TPSA) is 9.23 Å². The Hall–Kier alpha value is -0.0900. The summed E-state index contributed by atoms with van der Waals surface area (Å²) in [6, 6.07) is 8.45. The predicted octanol–water partition coefficient (Wildman–Crippen LogP) is -1.61. The quantitative estimate of drug-likeness (QED) is 0.490. The molecule has 0 spiro atoms. The zero-order valence-electron chi connectivity index (χ0n) is 4.80. The van der Waals surface area contributed by atoms with Crippen molar-refractivity contribution >= 4 is 0 Å². The van der Waals surface area contributed by atoms with Gasteiger partial charge in [0.05, 0.1) is 0 Å². The number of rotatable bonds is 0. The minimum atomic E-state index is -0.0775. The Morgan fingerprint density at radius 1 is 1.33 bits per heavy atom. The zero-order chi connectivity index (χ0) is 6.10. The molecule has 1 aromatic carbocycles. The first-order valence-electron chi connectivity index (χ1n) is 2.81. The van der Waals surface area contributed by atoms with E-state index in [1.165, 1.54) is 9.13 Å². The van der Waals surface area contributed by atoms with Gasteiger partial charge in [0.2, 0.25) is 0 Å². The van der Waals surface area contributed by atoms with E-state index in [0.717, 1.165) is 6.61 Å². The van der Waals surface area contributed by atoms with E-state index in [1.807, 2.05) is 0 Å². The van der Waals surface area contributed by atoms with E-state index in [9.17, 15) is 0 Å². The van der Waals surface area contributed by atoms with Crippen LogP contribution in [-0.4, -0.2) is 0 Å². The summed E-state index contributed by atoms with van der Waals surface area (Å²) in [7, 11) is 0. The Morgan fingerprint density at radius 2 is 2.22 bits per heavy atom. The van der Waals surface area contributed by atoms with Crippen LogP contribution in [0.2, 0.25) is 0 Å². The molecule has 0 radical (unpaired) electrons. The van der Waals surface area contributed by atoms with E-state index in [0.29, 0.717) is 0 Å². The first kappa shape index (κ1) is 5.68. The number of hydrogen-bond acceptors (Lipinski definition) is 1. The molecule has 48 valence electrons. The van der Waals surface area contributed by atoms with E-state index in [-0.39, 0.29) is 21.6 Å². The molecule has 0 aliphatic carbocycles. The first-order valence-corrected chi connectivity index (χ1v) is 4.77. The van der Waals surface area contributed by atoms with Gasteiger partial charge in [-0.1, -0.05) is 0 Å². The van der Waals surface area contributed by atoms with Gasteiger partial charge >= 0.3 is 64.7 Å². The maximum atomic E-state index is 5.32. The van der Waals surface area contributed by atoms with Crippen LogP contribution < -0.4 is 21.6 Å². The molecule has 0 unspecified atom stereocenters. The van der Waals surface area contributed by atoms with Crippen LogP contribution in [0.4, 0.5) is 0 Å². The van der Waals surface area contributed by atoms with Gasteiger partial charge in [-0.2, -0.15) is 0 Å². The molecular formula is C7H6IO-. The van der Waals surface area contributed by atoms with Crippen molar-refractivity contribution in [1.82, 2.24) is 0 Å². The van der Waals surface area contributed by atoms with E-state index >= 15 is 0 Å². The SMILES string of the molecule is c1ccc2c(c1)CO[I-]2. The maximum absolute atomic E-state index is 5.32. The molecule has 1 aliphatic rings. The van der Waals surface area contributed by atoms with Gasteiger partial charge in [0.25, 0.3) is 0 Å². The van der Waals surface area contributed by atoms with Crippen molar-refractivity contribution in [3.63, 3.8) is 0 Å². The second-order valence-electron chi connectivity index (χ2n) is 1.92. The third-order valence-corrected chi connectivity index (χ3v) is 3.46. The van der Waals surface area contributed by atoms with Crippen LogP contribution in [0.25, 0.3) is 0 Å². The van der Waals surface area contributed by atoms with E-state index in [1.54, 1.807) is 0 Å². The number of halogens is 1. The van der Waals surface area contributed by atoms with Gasteiger partial charge in [-0.3, -0.25) is 0 Å². The Kier molecular flexibility index (Phi) is 1.43. The van der Waals surface area contributed by atoms with Crippen molar-refractivity contribution < 1.29 is 24.7 Å². The number of benzene rings is 1. The Balaban J connectivity index is 2.54. The third-order valence-electron chi connectivity index (χ3n) is 1.31. The van der Waals surface area contributed by atoms with Crippen molar-refractivity contribution in [3.05, 3.63) is 33.4 Å².